The highest BCUT2D eigenvalue weighted by molar-refractivity contribution is 9.10. The number of aromatic nitrogens is 2. The van der Waals surface area contributed by atoms with E-state index in [1.807, 2.05) is 19.9 Å². The fraction of sp³-hybridized carbons (Fsp3) is 0.222. The zero-order valence-electron chi connectivity index (χ0n) is 20.9. The smallest absolute Gasteiger partial charge is 0.312 e. The third kappa shape index (κ3) is 5.52. The number of hydrogen-bond acceptors (Lipinski definition) is 8. The van der Waals surface area contributed by atoms with Gasteiger partial charge in [-0.05, 0) is 48.4 Å². The van der Waals surface area contributed by atoms with Crippen molar-refractivity contribution in [3.63, 3.8) is 0 Å². The Morgan fingerprint density at radius 3 is 2.72 bits per heavy atom. The Morgan fingerprint density at radius 1 is 1.15 bits per heavy atom. The van der Waals surface area contributed by atoms with Crippen LogP contribution in [0.2, 0.25) is 0 Å². The fourth-order valence-electron chi connectivity index (χ4n) is 4.07. The van der Waals surface area contributed by atoms with Crippen molar-refractivity contribution in [1.82, 2.24) is 9.66 Å². The molecule has 2 heterocycles. The molecule has 5 rings (SSSR count). The molecular weight excluding hydrogens is 636 g/mol. The molecule has 1 aliphatic rings. The van der Waals surface area contributed by atoms with E-state index in [-0.39, 0.29) is 36.3 Å². The zero-order chi connectivity index (χ0) is 27.7. The number of halogens is 2. The maximum absolute atomic E-state index is 13.5. The van der Waals surface area contributed by atoms with Crippen molar-refractivity contribution in [3.05, 3.63) is 94.9 Å². The summed E-state index contributed by atoms with van der Waals surface area (Å²) >= 11 is 6.74. The number of benzene rings is 3. The molecular formula is C27H22Br2N4O6. The predicted octanol–water partition coefficient (Wildman–Crippen LogP) is 6.53. The largest absolute Gasteiger partial charge is 0.481 e. The highest BCUT2D eigenvalue weighted by Crippen LogP contribution is 2.36. The van der Waals surface area contributed by atoms with E-state index in [9.17, 15) is 14.9 Å². The van der Waals surface area contributed by atoms with Gasteiger partial charge in [0.1, 0.15) is 12.4 Å². The van der Waals surface area contributed by atoms with Crippen LogP contribution in [0.5, 0.6) is 17.2 Å². The van der Waals surface area contributed by atoms with Gasteiger partial charge in [0.2, 0.25) is 12.5 Å². The van der Waals surface area contributed by atoms with Crippen LogP contribution in [0.1, 0.15) is 43.1 Å². The molecule has 1 aromatic heterocycles. The molecule has 0 saturated heterocycles. The van der Waals surface area contributed by atoms with Crippen LogP contribution in [-0.4, -0.2) is 27.6 Å². The second-order valence-corrected chi connectivity index (χ2v) is 10.7. The SMILES string of the molecule is CC[C@H](C)c1nc2ccc(Br)cc2c(=O)n1N=Cc1cc(Br)cc([N+](=O)[O-])c1OCc1ccc2c(c1)OCO2. The average Bonchev–Trinajstić information content (AvgIpc) is 3.39. The first-order chi connectivity index (χ1) is 18.7. The molecule has 12 heteroatoms. The molecule has 1 aliphatic heterocycles. The molecule has 10 nitrogen and oxygen atoms in total. The lowest BCUT2D eigenvalue weighted by Crippen LogP contribution is -2.23. The van der Waals surface area contributed by atoms with E-state index < -0.39 is 4.92 Å². The van der Waals surface area contributed by atoms with Gasteiger partial charge in [-0.25, -0.2) is 4.98 Å². The minimum Gasteiger partial charge on any atom is -0.481 e. The normalized spacial score (nSPS) is 13.2. The maximum Gasteiger partial charge on any atom is 0.312 e. The number of rotatable bonds is 8. The summed E-state index contributed by atoms with van der Waals surface area (Å²) in [5, 5.41) is 16.8. The van der Waals surface area contributed by atoms with Crippen LogP contribution in [0, 0.1) is 10.1 Å². The summed E-state index contributed by atoms with van der Waals surface area (Å²) in [5.41, 5.74) is 1.02. The van der Waals surface area contributed by atoms with E-state index in [0.29, 0.717) is 38.3 Å². The zero-order valence-corrected chi connectivity index (χ0v) is 24.1. The topological polar surface area (TPSA) is 118 Å². The van der Waals surface area contributed by atoms with Gasteiger partial charge >= 0.3 is 5.69 Å². The quantitative estimate of drug-likeness (QED) is 0.120. The average molecular weight is 658 g/mol. The molecule has 200 valence electrons. The van der Waals surface area contributed by atoms with Gasteiger partial charge in [-0.2, -0.15) is 9.78 Å². The lowest BCUT2D eigenvalue weighted by molar-refractivity contribution is -0.386. The Hall–Kier alpha value is -3.77. The molecule has 0 fully saturated rings. The molecule has 0 N–H and O–H groups in total. The Balaban J connectivity index is 1.58. The summed E-state index contributed by atoms with van der Waals surface area (Å²) in [6.07, 6.45) is 2.11. The number of ether oxygens (including phenoxy) is 3. The van der Waals surface area contributed by atoms with Crippen LogP contribution < -0.4 is 19.8 Å². The number of nitro groups is 1. The first-order valence-electron chi connectivity index (χ1n) is 12.0. The third-order valence-corrected chi connectivity index (χ3v) is 7.23. The summed E-state index contributed by atoms with van der Waals surface area (Å²) < 4.78 is 19.2. The summed E-state index contributed by atoms with van der Waals surface area (Å²) in [7, 11) is 0. The first-order valence-corrected chi connectivity index (χ1v) is 13.6. The van der Waals surface area contributed by atoms with Crippen molar-refractivity contribution in [3.8, 4) is 17.2 Å². The molecule has 0 spiro atoms. The van der Waals surface area contributed by atoms with Crippen molar-refractivity contribution in [1.29, 1.82) is 0 Å². The van der Waals surface area contributed by atoms with Gasteiger partial charge in [-0.1, -0.05) is 51.8 Å². The molecule has 0 aliphatic carbocycles. The van der Waals surface area contributed by atoms with Gasteiger partial charge in [0, 0.05) is 26.5 Å². The van der Waals surface area contributed by atoms with E-state index in [2.05, 4.69) is 37.0 Å². The van der Waals surface area contributed by atoms with E-state index in [1.165, 1.54) is 17.0 Å². The van der Waals surface area contributed by atoms with Gasteiger partial charge in [0.05, 0.1) is 22.0 Å². The van der Waals surface area contributed by atoms with Crippen molar-refractivity contribution in [2.45, 2.75) is 32.8 Å². The Bertz CT molecular complexity index is 1690. The minimum atomic E-state index is -0.525. The van der Waals surface area contributed by atoms with Crippen molar-refractivity contribution >= 4 is 54.7 Å². The van der Waals surface area contributed by atoms with Crippen LogP contribution in [0.3, 0.4) is 0 Å². The van der Waals surface area contributed by atoms with Crippen LogP contribution in [0.4, 0.5) is 5.69 Å². The molecule has 0 radical (unpaired) electrons. The van der Waals surface area contributed by atoms with E-state index in [1.54, 1.807) is 36.4 Å². The van der Waals surface area contributed by atoms with Crippen LogP contribution in [-0.2, 0) is 6.61 Å². The maximum atomic E-state index is 13.5. The van der Waals surface area contributed by atoms with Gasteiger partial charge in [0.25, 0.3) is 5.56 Å². The molecule has 39 heavy (non-hydrogen) atoms. The molecule has 0 bridgehead atoms. The standard InChI is InChI=1S/C27H22Br2N4O6/c1-3-15(2)26-31-21-6-5-18(28)10-20(21)27(34)32(26)30-12-17-9-19(29)11-22(33(35)36)25(17)37-13-16-4-7-23-24(8-16)39-14-38-23/h4-12,15H,3,13-14H2,1-2H3/t15-/m0/s1. The third-order valence-electron chi connectivity index (χ3n) is 6.28. The number of hydrogen-bond donors (Lipinski definition) is 0. The number of nitrogens with zero attached hydrogens (tertiary/aromatic N) is 4. The van der Waals surface area contributed by atoms with Crippen molar-refractivity contribution in [2.75, 3.05) is 6.79 Å². The summed E-state index contributed by atoms with van der Waals surface area (Å²) in [6, 6.07) is 13.6. The highest BCUT2D eigenvalue weighted by Gasteiger charge is 2.22. The van der Waals surface area contributed by atoms with Gasteiger partial charge in [-0.3, -0.25) is 14.9 Å². The van der Waals surface area contributed by atoms with E-state index in [0.717, 1.165) is 16.5 Å². The van der Waals surface area contributed by atoms with E-state index in [4.69, 9.17) is 19.2 Å². The lowest BCUT2D eigenvalue weighted by Gasteiger charge is -2.14. The van der Waals surface area contributed by atoms with Gasteiger partial charge < -0.3 is 14.2 Å². The van der Waals surface area contributed by atoms with Crippen LogP contribution >= 0.6 is 31.9 Å². The Labute approximate surface area is 239 Å². The summed E-state index contributed by atoms with van der Waals surface area (Å²) in [5.74, 6) is 1.64. The number of fused-ring (bicyclic) bond motifs is 2. The first kappa shape index (κ1) is 26.8. The van der Waals surface area contributed by atoms with Gasteiger partial charge in [-0.15, -0.1) is 0 Å². The predicted molar refractivity (Wildman–Crippen MR) is 153 cm³/mol. The van der Waals surface area contributed by atoms with Crippen LogP contribution in [0.25, 0.3) is 10.9 Å². The summed E-state index contributed by atoms with van der Waals surface area (Å²) in [6.45, 7) is 4.12. The Morgan fingerprint density at radius 2 is 1.95 bits per heavy atom. The molecule has 3 aromatic carbocycles. The number of nitro benzene ring substituents is 1. The van der Waals surface area contributed by atoms with Crippen molar-refractivity contribution in [2.24, 2.45) is 5.10 Å². The van der Waals surface area contributed by atoms with Crippen LogP contribution in [0.15, 0.2) is 67.4 Å². The summed E-state index contributed by atoms with van der Waals surface area (Å²) in [4.78, 5) is 29.6. The molecule has 0 amide bonds. The Kier molecular flexibility index (Phi) is 7.67. The van der Waals surface area contributed by atoms with Crippen molar-refractivity contribution < 1.29 is 19.1 Å². The molecule has 4 aromatic rings. The molecule has 0 unspecified atom stereocenters. The van der Waals surface area contributed by atoms with E-state index >= 15 is 0 Å². The van der Waals surface area contributed by atoms with Gasteiger partial charge in [0.15, 0.2) is 11.5 Å². The monoisotopic (exact) mass is 656 g/mol. The second-order valence-electron chi connectivity index (χ2n) is 8.88. The lowest BCUT2D eigenvalue weighted by atomic mass is 10.1. The fourth-order valence-corrected chi connectivity index (χ4v) is 4.90. The highest BCUT2D eigenvalue weighted by atomic mass is 79.9. The second kappa shape index (κ2) is 11.1. The minimum absolute atomic E-state index is 0.0132. The molecule has 0 saturated carbocycles. The molecule has 1 atom stereocenters.